The minimum absolute atomic E-state index is 0.0294. The number of hydrogen-bond donors (Lipinski definition) is 1. The predicted octanol–water partition coefficient (Wildman–Crippen LogP) is 1.85. The van der Waals surface area contributed by atoms with E-state index in [1.807, 2.05) is 32.0 Å². The molecule has 2 aromatic heterocycles. The highest BCUT2D eigenvalue weighted by atomic mass is 32.2. The number of ether oxygens (including phenoxy) is 1. The third-order valence-corrected chi connectivity index (χ3v) is 7.89. The highest BCUT2D eigenvalue weighted by Gasteiger charge is 2.27. The molecule has 3 heterocycles. The van der Waals surface area contributed by atoms with Crippen LogP contribution in [0, 0.1) is 6.92 Å². The van der Waals surface area contributed by atoms with Crippen LogP contribution in [0.15, 0.2) is 41.3 Å². The summed E-state index contributed by atoms with van der Waals surface area (Å²) in [4.78, 5) is 30.1. The molecule has 1 aliphatic rings. The smallest absolute Gasteiger partial charge is 0.256 e. The van der Waals surface area contributed by atoms with Crippen molar-refractivity contribution in [2.75, 3.05) is 26.0 Å². The molecule has 3 aromatic rings. The first-order valence-corrected chi connectivity index (χ1v) is 12.8. The summed E-state index contributed by atoms with van der Waals surface area (Å²) in [6.07, 6.45) is 2.08. The van der Waals surface area contributed by atoms with Gasteiger partial charge in [-0.05, 0) is 55.7 Å². The van der Waals surface area contributed by atoms with Crippen molar-refractivity contribution in [3.05, 3.63) is 69.1 Å². The lowest BCUT2D eigenvalue weighted by atomic mass is 10.0. The van der Waals surface area contributed by atoms with E-state index < -0.39 is 21.4 Å². The van der Waals surface area contributed by atoms with Crippen LogP contribution in [-0.4, -0.2) is 54.1 Å². The largest absolute Gasteiger partial charge is 0.497 e. The number of fused-ring (bicyclic) bond motifs is 2. The molecule has 0 saturated heterocycles. The topological polar surface area (TPSA) is 111 Å². The predicted molar refractivity (Wildman–Crippen MR) is 130 cm³/mol. The fourth-order valence-electron chi connectivity index (χ4n) is 4.15. The SMILES string of the molecule is CCn1cc(C(=O)NCCS(=O)(=O)N2CCc3cc(OC)ccc3C2)c(=O)c2ccc(C)nc21. The number of sulfonamides is 1. The van der Waals surface area contributed by atoms with E-state index in [1.165, 1.54) is 10.5 Å². The van der Waals surface area contributed by atoms with E-state index in [2.05, 4.69) is 10.3 Å². The molecule has 10 heteroatoms. The van der Waals surface area contributed by atoms with Gasteiger partial charge in [-0.1, -0.05) is 6.07 Å². The number of nitrogens with zero attached hydrogens (tertiary/aromatic N) is 3. The number of pyridine rings is 2. The number of nitrogens with one attached hydrogen (secondary N) is 1. The molecule has 1 N–H and O–H groups in total. The molecule has 0 aliphatic carbocycles. The summed E-state index contributed by atoms with van der Waals surface area (Å²) in [5.41, 5.74) is 2.87. The molecule has 0 radical (unpaired) electrons. The van der Waals surface area contributed by atoms with Gasteiger partial charge < -0.3 is 14.6 Å². The maximum absolute atomic E-state index is 12.9. The number of rotatable bonds is 7. The van der Waals surface area contributed by atoms with Crippen LogP contribution in [0.5, 0.6) is 5.75 Å². The average Bonchev–Trinajstić information content (AvgIpc) is 2.83. The van der Waals surface area contributed by atoms with Crippen LogP contribution in [0.1, 0.15) is 34.1 Å². The van der Waals surface area contributed by atoms with Crippen molar-refractivity contribution in [2.24, 2.45) is 0 Å². The zero-order valence-corrected chi connectivity index (χ0v) is 20.3. The van der Waals surface area contributed by atoms with Gasteiger partial charge in [0.1, 0.15) is 17.0 Å². The van der Waals surface area contributed by atoms with Crippen LogP contribution >= 0.6 is 0 Å². The monoisotopic (exact) mass is 484 g/mol. The fraction of sp³-hybridized carbons (Fsp3) is 0.375. The Kier molecular flexibility index (Phi) is 6.72. The number of amides is 1. The van der Waals surface area contributed by atoms with Crippen LogP contribution in [0.4, 0.5) is 0 Å². The minimum Gasteiger partial charge on any atom is -0.497 e. The second kappa shape index (κ2) is 9.55. The first-order valence-electron chi connectivity index (χ1n) is 11.2. The van der Waals surface area contributed by atoms with Crippen molar-refractivity contribution in [1.82, 2.24) is 19.2 Å². The highest BCUT2D eigenvalue weighted by molar-refractivity contribution is 7.89. The van der Waals surface area contributed by atoms with Crippen LogP contribution in [0.3, 0.4) is 0 Å². The summed E-state index contributed by atoms with van der Waals surface area (Å²) >= 11 is 0. The maximum atomic E-state index is 12.9. The van der Waals surface area contributed by atoms with Gasteiger partial charge in [0.25, 0.3) is 5.91 Å². The van der Waals surface area contributed by atoms with Crippen LogP contribution in [0.25, 0.3) is 11.0 Å². The molecular formula is C24H28N4O5S. The van der Waals surface area contributed by atoms with Gasteiger partial charge in [0, 0.05) is 38.1 Å². The molecule has 1 aliphatic heterocycles. The normalized spacial score (nSPS) is 14.1. The number of aryl methyl sites for hydroxylation is 2. The summed E-state index contributed by atoms with van der Waals surface area (Å²) in [5, 5.41) is 2.96. The molecule has 0 atom stereocenters. The Balaban J connectivity index is 1.44. The van der Waals surface area contributed by atoms with Crippen LogP contribution < -0.4 is 15.5 Å². The highest BCUT2D eigenvalue weighted by Crippen LogP contribution is 2.25. The first kappa shape index (κ1) is 23.9. The standard InChI is InChI=1S/C24H28N4O5S/c1-4-27-15-21(22(29)20-8-5-16(2)26-23(20)27)24(30)25-10-12-34(31,32)28-11-9-17-13-19(33-3)7-6-18(17)14-28/h5-8,13,15H,4,9-12,14H2,1-3H3,(H,25,30). The van der Waals surface area contributed by atoms with Crippen molar-refractivity contribution < 1.29 is 17.9 Å². The Labute approximate surface area is 198 Å². The van der Waals surface area contributed by atoms with Gasteiger partial charge in [0.05, 0.1) is 18.2 Å². The molecule has 0 spiro atoms. The lowest BCUT2D eigenvalue weighted by Crippen LogP contribution is -2.41. The van der Waals surface area contributed by atoms with Gasteiger partial charge in [-0.25, -0.2) is 13.4 Å². The molecule has 9 nitrogen and oxygen atoms in total. The van der Waals surface area contributed by atoms with Crippen molar-refractivity contribution in [2.45, 2.75) is 33.4 Å². The van der Waals surface area contributed by atoms with Crippen LogP contribution in [-0.2, 0) is 29.5 Å². The lowest BCUT2D eigenvalue weighted by molar-refractivity contribution is 0.0954. The van der Waals surface area contributed by atoms with Gasteiger partial charge in [0.15, 0.2) is 0 Å². The van der Waals surface area contributed by atoms with Gasteiger partial charge in [0.2, 0.25) is 15.5 Å². The second-order valence-electron chi connectivity index (χ2n) is 8.27. The molecule has 180 valence electrons. The van der Waals surface area contributed by atoms with Crippen molar-refractivity contribution in [1.29, 1.82) is 0 Å². The minimum atomic E-state index is -3.59. The van der Waals surface area contributed by atoms with Crippen molar-refractivity contribution >= 4 is 27.0 Å². The number of methoxy groups -OCH3 is 1. The quantitative estimate of drug-likeness (QED) is 0.548. The van der Waals surface area contributed by atoms with E-state index in [0.717, 1.165) is 22.6 Å². The summed E-state index contributed by atoms with van der Waals surface area (Å²) in [6, 6.07) is 9.02. The Morgan fingerprint density at radius 1 is 1.21 bits per heavy atom. The molecule has 0 saturated carbocycles. The number of aromatic nitrogens is 2. The summed E-state index contributed by atoms with van der Waals surface area (Å²) in [7, 11) is -1.99. The molecule has 0 bridgehead atoms. The Hall–Kier alpha value is -3.24. The first-order chi connectivity index (χ1) is 16.2. The van der Waals surface area contributed by atoms with Crippen molar-refractivity contribution in [3.63, 3.8) is 0 Å². The Morgan fingerprint density at radius 2 is 2.00 bits per heavy atom. The number of hydrogen-bond acceptors (Lipinski definition) is 6. The molecular weight excluding hydrogens is 456 g/mol. The second-order valence-corrected chi connectivity index (χ2v) is 10.4. The van der Waals surface area contributed by atoms with Gasteiger partial charge in [-0.2, -0.15) is 4.31 Å². The average molecular weight is 485 g/mol. The Morgan fingerprint density at radius 3 is 2.74 bits per heavy atom. The molecule has 1 amide bonds. The molecule has 0 fully saturated rings. The zero-order valence-electron chi connectivity index (χ0n) is 19.5. The fourth-order valence-corrected chi connectivity index (χ4v) is 5.47. The van der Waals surface area contributed by atoms with E-state index in [1.54, 1.807) is 23.8 Å². The van der Waals surface area contributed by atoms with Gasteiger partial charge >= 0.3 is 0 Å². The Bertz CT molecular complexity index is 1410. The number of benzene rings is 1. The summed E-state index contributed by atoms with van der Waals surface area (Å²) in [5.74, 6) is -0.0963. The molecule has 1 aromatic carbocycles. The van der Waals surface area contributed by atoms with E-state index in [4.69, 9.17) is 4.74 Å². The third kappa shape index (κ3) is 4.69. The lowest BCUT2D eigenvalue weighted by Gasteiger charge is -2.28. The molecule has 4 rings (SSSR count). The van der Waals surface area contributed by atoms with Gasteiger partial charge in [-0.3, -0.25) is 9.59 Å². The summed E-state index contributed by atoms with van der Waals surface area (Å²) in [6.45, 7) is 4.83. The summed E-state index contributed by atoms with van der Waals surface area (Å²) < 4.78 is 34.2. The van der Waals surface area contributed by atoms with Crippen LogP contribution in [0.2, 0.25) is 0 Å². The molecule has 34 heavy (non-hydrogen) atoms. The van der Waals surface area contributed by atoms with E-state index in [9.17, 15) is 18.0 Å². The maximum Gasteiger partial charge on any atom is 0.256 e. The zero-order chi connectivity index (χ0) is 24.5. The van der Waals surface area contributed by atoms with E-state index >= 15 is 0 Å². The number of carbonyl (C=O) groups excluding carboxylic acids is 1. The van der Waals surface area contributed by atoms with Gasteiger partial charge in [-0.15, -0.1) is 0 Å². The third-order valence-electron chi connectivity index (χ3n) is 6.08. The number of carbonyl (C=O) groups is 1. The van der Waals surface area contributed by atoms with E-state index in [-0.39, 0.29) is 24.4 Å². The molecule has 0 unspecified atom stereocenters. The van der Waals surface area contributed by atoms with E-state index in [0.29, 0.717) is 30.5 Å². The van der Waals surface area contributed by atoms with Crippen molar-refractivity contribution in [3.8, 4) is 5.75 Å².